The Morgan fingerprint density at radius 1 is 1.42 bits per heavy atom. The van der Waals surface area contributed by atoms with Crippen LogP contribution in [0.4, 0.5) is 0 Å². The molecule has 5 atom stereocenters. The summed E-state index contributed by atoms with van der Waals surface area (Å²) in [7, 11) is 0. The number of hydrogen-bond acceptors (Lipinski definition) is 4. The second-order valence-corrected chi connectivity index (χ2v) is 5.61. The SMILES string of the molecule is CCCn1ccnc1C(NN)C1C(C)OC(C)C1C. The van der Waals surface area contributed by atoms with Crippen LogP contribution < -0.4 is 11.3 Å². The molecule has 19 heavy (non-hydrogen) atoms. The van der Waals surface area contributed by atoms with Gasteiger partial charge in [0.05, 0.1) is 18.2 Å². The van der Waals surface area contributed by atoms with Crippen LogP contribution >= 0.6 is 0 Å². The van der Waals surface area contributed by atoms with Gasteiger partial charge in [-0.05, 0) is 26.2 Å². The normalized spacial score (nSPS) is 32.7. The summed E-state index contributed by atoms with van der Waals surface area (Å²) in [5.41, 5.74) is 2.96. The van der Waals surface area contributed by atoms with E-state index >= 15 is 0 Å². The molecule has 0 aromatic carbocycles. The van der Waals surface area contributed by atoms with Crippen LogP contribution in [0.1, 0.15) is 46.0 Å². The molecule has 1 aliphatic heterocycles. The van der Waals surface area contributed by atoms with Gasteiger partial charge < -0.3 is 9.30 Å². The molecule has 5 heteroatoms. The van der Waals surface area contributed by atoms with Crippen LogP contribution in [0.25, 0.3) is 0 Å². The summed E-state index contributed by atoms with van der Waals surface area (Å²) >= 11 is 0. The maximum Gasteiger partial charge on any atom is 0.127 e. The zero-order chi connectivity index (χ0) is 14.0. The molecule has 5 unspecified atom stereocenters. The molecule has 0 bridgehead atoms. The monoisotopic (exact) mass is 266 g/mol. The first-order valence-corrected chi connectivity index (χ1v) is 7.22. The smallest absolute Gasteiger partial charge is 0.127 e. The van der Waals surface area contributed by atoms with E-state index in [-0.39, 0.29) is 18.2 Å². The number of aryl methyl sites for hydroxylation is 1. The maximum atomic E-state index is 5.93. The lowest BCUT2D eigenvalue weighted by Gasteiger charge is -2.28. The lowest BCUT2D eigenvalue weighted by molar-refractivity contribution is 0.0469. The Hall–Kier alpha value is -0.910. The highest BCUT2D eigenvalue weighted by molar-refractivity contribution is 5.05. The summed E-state index contributed by atoms with van der Waals surface area (Å²) in [4.78, 5) is 4.51. The highest BCUT2D eigenvalue weighted by Crippen LogP contribution is 2.39. The number of nitrogens with zero attached hydrogens (tertiary/aromatic N) is 2. The molecule has 1 aromatic rings. The van der Waals surface area contributed by atoms with Gasteiger partial charge in [-0.1, -0.05) is 13.8 Å². The van der Waals surface area contributed by atoms with Gasteiger partial charge in [0.1, 0.15) is 5.82 Å². The standard InChI is InChI=1S/C14H26N4O/c1-5-7-18-8-6-16-14(18)13(17-15)12-9(2)10(3)19-11(12)4/h6,8-13,17H,5,7,15H2,1-4H3. The van der Waals surface area contributed by atoms with Crippen LogP contribution in [0.15, 0.2) is 12.4 Å². The molecular formula is C14H26N4O. The van der Waals surface area contributed by atoms with Gasteiger partial charge in [0.25, 0.3) is 0 Å². The van der Waals surface area contributed by atoms with E-state index in [1.165, 1.54) is 0 Å². The topological polar surface area (TPSA) is 65.1 Å². The van der Waals surface area contributed by atoms with Gasteiger partial charge in [0.15, 0.2) is 0 Å². The lowest BCUT2D eigenvalue weighted by Crippen LogP contribution is -2.40. The Kier molecular flexibility index (Phi) is 4.60. The van der Waals surface area contributed by atoms with Crippen molar-refractivity contribution >= 4 is 0 Å². The van der Waals surface area contributed by atoms with Crippen molar-refractivity contribution in [3.63, 3.8) is 0 Å². The molecule has 3 N–H and O–H groups in total. The van der Waals surface area contributed by atoms with Crippen LogP contribution in [-0.4, -0.2) is 21.8 Å². The molecule has 1 aliphatic rings. The molecule has 108 valence electrons. The van der Waals surface area contributed by atoms with Crippen LogP contribution in [0.2, 0.25) is 0 Å². The number of nitrogens with one attached hydrogen (secondary N) is 1. The zero-order valence-corrected chi connectivity index (χ0v) is 12.3. The second-order valence-electron chi connectivity index (χ2n) is 5.61. The molecular weight excluding hydrogens is 240 g/mol. The third kappa shape index (κ3) is 2.68. The number of hydrogen-bond donors (Lipinski definition) is 2. The number of ether oxygens (including phenoxy) is 1. The highest BCUT2D eigenvalue weighted by Gasteiger charge is 2.43. The van der Waals surface area contributed by atoms with Crippen molar-refractivity contribution in [1.29, 1.82) is 0 Å². The molecule has 0 saturated carbocycles. The van der Waals surface area contributed by atoms with E-state index in [1.54, 1.807) is 0 Å². The minimum atomic E-state index is 0.0384. The van der Waals surface area contributed by atoms with Gasteiger partial charge >= 0.3 is 0 Å². The lowest BCUT2D eigenvalue weighted by atomic mass is 9.83. The third-order valence-corrected chi connectivity index (χ3v) is 4.37. The van der Waals surface area contributed by atoms with Gasteiger partial charge in [-0.2, -0.15) is 0 Å². The molecule has 2 heterocycles. The Balaban J connectivity index is 2.26. The predicted octanol–water partition coefficient (Wildman–Crippen LogP) is 1.86. The van der Waals surface area contributed by atoms with E-state index in [0.29, 0.717) is 11.8 Å². The Bertz CT molecular complexity index is 406. The third-order valence-electron chi connectivity index (χ3n) is 4.37. The van der Waals surface area contributed by atoms with Crippen molar-refractivity contribution in [2.24, 2.45) is 17.7 Å². The minimum absolute atomic E-state index is 0.0384. The van der Waals surface area contributed by atoms with E-state index < -0.39 is 0 Å². The first kappa shape index (κ1) is 14.5. The molecule has 1 aromatic heterocycles. The van der Waals surface area contributed by atoms with Crippen LogP contribution in [0.3, 0.4) is 0 Å². The van der Waals surface area contributed by atoms with E-state index in [9.17, 15) is 0 Å². The minimum Gasteiger partial charge on any atom is -0.375 e. The number of aromatic nitrogens is 2. The summed E-state index contributed by atoms with van der Waals surface area (Å²) in [6, 6.07) is 0.0384. The van der Waals surface area contributed by atoms with Gasteiger partial charge in [-0.25, -0.2) is 10.4 Å². The van der Waals surface area contributed by atoms with Gasteiger partial charge in [-0.15, -0.1) is 0 Å². The summed E-state index contributed by atoms with van der Waals surface area (Å²) in [6.45, 7) is 9.63. The summed E-state index contributed by atoms with van der Waals surface area (Å²) in [6.07, 6.45) is 5.42. The number of imidazole rings is 1. The molecule has 0 radical (unpaired) electrons. The van der Waals surface area contributed by atoms with E-state index in [4.69, 9.17) is 10.6 Å². The molecule has 1 saturated heterocycles. The average molecular weight is 266 g/mol. The van der Waals surface area contributed by atoms with Crippen molar-refractivity contribution < 1.29 is 4.74 Å². The largest absolute Gasteiger partial charge is 0.375 e. The zero-order valence-electron chi connectivity index (χ0n) is 12.3. The maximum absolute atomic E-state index is 5.93. The van der Waals surface area contributed by atoms with Gasteiger partial charge in [-0.3, -0.25) is 5.84 Å². The first-order valence-electron chi connectivity index (χ1n) is 7.22. The van der Waals surface area contributed by atoms with Crippen molar-refractivity contribution in [1.82, 2.24) is 15.0 Å². The fourth-order valence-electron chi connectivity index (χ4n) is 3.26. The van der Waals surface area contributed by atoms with Crippen molar-refractivity contribution in [2.45, 2.75) is 58.9 Å². The fourth-order valence-corrected chi connectivity index (χ4v) is 3.26. The van der Waals surface area contributed by atoms with Crippen molar-refractivity contribution in [2.75, 3.05) is 0 Å². The van der Waals surface area contributed by atoms with Crippen LogP contribution in [-0.2, 0) is 11.3 Å². The molecule has 0 spiro atoms. The van der Waals surface area contributed by atoms with Crippen molar-refractivity contribution in [3.05, 3.63) is 18.2 Å². The second kappa shape index (κ2) is 6.03. The van der Waals surface area contributed by atoms with Gasteiger partial charge in [0.2, 0.25) is 0 Å². The Labute approximate surface area is 115 Å². The van der Waals surface area contributed by atoms with E-state index in [2.05, 4.69) is 42.7 Å². The highest BCUT2D eigenvalue weighted by atomic mass is 16.5. The van der Waals surface area contributed by atoms with Crippen LogP contribution in [0, 0.1) is 11.8 Å². The molecule has 0 aliphatic carbocycles. The molecule has 2 rings (SSSR count). The molecule has 5 nitrogen and oxygen atoms in total. The fraction of sp³-hybridized carbons (Fsp3) is 0.786. The number of rotatable bonds is 5. The summed E-state index contributed by atoms with van der Waals surface area (Å²) in [5.74, 6) is 7.65. The first-order chi connectivity index (χ1) is 9.10. The van der Waals surface area contributed by atoms with Crippen molar-refractivity contribution in [3.8, 4) is 0 Å². The molecule has 1 fully saturated rings. The molecule has 0 amide bonds. The van der Waals surface area contributed by atoms with E-state index in [1.807, 2.05) is 12.4 Å². The number of hydrazine groups is 1. The summed E-state index contributed by atoms with van der Waals surface area (Å²) < 4.78 is 8.12. The quantitative estimate of drug-likeness (QED) is 0.630. The Morgan fingerprint density at radius 3 is 2.68 bits per heavy atom. The van der Waals surface area contributed by atoms with Crippen LogP contribution in [0.5, 0.6) is 0 Å². The Morgan fingerprint density at radius 2 is 2.16 bits per heavy atom. The average Bonchev–Trinajstić information content (AvgIpc) is 2.91. The summed E-state index contributed by atoms with van der Waals surface area (Å²) in [5, 5.41) is 0. The van der Waals surface area contributed by atoms with Gasteiger partial charge in [0, 0.05) is 24.9 Å². The number of nitrogens with two attached hydrogens (primary N) is 1. The van der Waals surface area contributed by atoms with E-state index in [0.717, 1.165) is 18.8 Å². The predicted molar refractivity (Wildman–Crippen MR) is 75.2 cm³/mol.